The van der Waals surface area contributed by atoms with Crippen LogP contribution in [0.1, 0.15) is 25.0 Å². The minimum absolute atomic E-state index is 0.0684. The number of halogens is 2. The van der Waals surface area contributed by atoms with Crippen LogP contribution < -0.4 is 15.4 Å². The number of anilines is 1. The number of hydrogen-bond acceptors (Lipinski definition) is 3. The van der Waals surface area contributed by atoms with E-state index in [-0.39, 0.29) is 6.54 Å². The average Bonchev–Trinajstić information content (AvgIpc) is 2.59. The van der Waals surface area contributed by atoms with E-state index in [2.05, 4.69) is 10.6 Å². The first-order valence-corrected chi connectivity index (χ1v) is 8.28. The van der Waals surface area contributed by atoms with Crippen LogP contribution in [-0.4, -0.2) is 24.3 Å². The molecule has 1 unspecified atom stereocenters. The molecular weight excluding hydrogens is 347 g/mol. The lowest BCUT2D eigenvalue weighted by molar-refractivity contribution is 0.174. The first-order chi connectivity index (χ1) is 12.0. The van der Waals surface area contributed by atoms with Gasteiger partial charge in [-0.05, 0) is 42.3 Å². The Bertz CT molecular complexity index is 727. The molecule has 3 N–H and O–H groups in total. The second kappa shape index (κ2) is 9.25. The summed E-state index contributed by atoms with van der Waals surface area (Å²) in [7, 11) is 0. The molecule has 2 rings (SSSR count). The van der Waals surface area contributed by atoms with Gasteiger partial charge in [-0.1, -0.05) is 30.7 Å². The van der Waals surface area contributed by atoms with Gasteiger partial charge in [0.2, 0.25) is 0 Å². The van der Waals surface area contributed by atoms with Crippen LogP contribution in [0, 0.1) is 5.82 Å². The summed E-state index contributed by atoms with van der Waals surface area (Å²) in [4.78, 5) is 12.0. The van der Waals surface area contributed by atoms with Crippen molar-refractivity contribution in [2.45, 2.75) is 19.4 Å². The third-order valence-electron chi connectivity index (χ3n) is 3.34. The summed E-state index contributed by atoms with van der Waals surface area (Å²) >= 11 is 5.95. The van der Waals surface area contributed by atoms with Crippen molar-refractivity contribution in [3.63, 3.8) is 0 Å². The molecule has 0 aromatic heterocycles. The van der Waals surface area contributed by atoms with Crippen molar-refractivity contribution in [3.05, 3.63) is 58.9 Å². The number of aliphatic hydroxyl groups is 1. The first-order valence-electron chi connectivity index (χ1n) is 7.90. The normalized spacial score (nSPS) is 11.7. The van der Waals surface area contributed by atoms with Gasteiger partial charge in [0.15, 0.2) is 0 Å². The van der Waals surface area contributed by atoms with Gasteiger partial charge in [-0.2, -0.15) is 0 Å². The van der Waals surface area contributed by atoms with Crippen LogP contribution in [0.5, 0.6) is 5.75 Å². The van der Waals surface area contributed by atoms with E-state index in [0.717, 1.165) is 6.42 Å². The van der Waals surface area contributed by atoms with Gasteiger partial charge in [0.25, 0.3) is 0 Å². The van der Waals surface area contributed by atoms with Crippen LogP contribution in [0.4, 0.5) is 14.9 Å². The summed E-state index contributed by atoms with van der Waals surface area (Å²) in [5.74, 6) is 0.0599. The fourth-order valence-electron chi connectivity index (χ4n) is 2.13. The fraction of sp³-hybridized carbons (Fsp3) is 0.278. The Kier molecular flexibility index (Phi) is 7.03. The highest BCUT2D eigenvalue weighted by Gasteiger charge is 2.12. The zero-order chi connectivity index (χ0) is 18.2. The summed E-state index contributed by atoms with van der Waals surface area (Å²) < 4.78 is 18.7. The lowest BCUT2D eigenvalue weighted by Gasteiger charge is -2.15. The number of carbonyl (C=O) groups is 1. The molecule has 0 saturated heterocycles. The Morgan fingerprint density at radius 1 is 1.32 bits per heavy atom. The molecule has 0 heterocycles. The second-order valence-corrected chi connectivity index (χ2v) is 5.83. The van der Waals surface area contributed by atoms with Crippen LogP contribution >= 0.6 is 11.6 Å². The molecule has 2 amide bonds. The Labute approximate surface area is 150 Å². The number of aliphatic hydroxyl groups excluding tert-OH is 1. The van der Waals surface area contributed by atoms with Gasteiger partial charge < -0.3 is 20.5 Å². The maximum absolute atomic E-state index is 13.2. The predicted molar refractivity (Wildman–Crippen MR) is 95.6 cm³/mol. The Morgan fingerprint density at radius 2 is 2.12 bits per heavy atom. The summed E-state index contributed by atoms with van der Waals surface area (Å²) in [6.45, 7) is 2.42. The van der Waals surface area contributed by atoms with Gasteiger partial charge in [-0.25, -0.2) is 9.18 Å². The summed E-state index contributed by atoms with van der Waals surface area (Å²) in [5, 5.41) is 15.6. The van der Waals surface area contributed by atoms with Crippen LogP contribution in [0.2, 0.25) is 5.02 Å². The van der Waals surface area contributed by atoms with E-state index in [1.165, 1.54) is 18.2 Å². The predicted octanol–water partition coefficient (Wildman–Crippen LogP) is 4.12. The Morgan fingerprint density at radius 3 is 2.84 bits per heavy atom. The molecule has 2 aromatic carbocycles. The van der Waals surface area contributed by atoms with Gasteiger partial charge in [-0.15, -0.1) is 0 Å². The van der Waals surface area contributed by atoms with E-state index in [1.807, 2.05) is 6.92 Å². The number of benzene rings is 2. The van der Waals surface area contributed by atoms with E-state index < -0.39 is 18.0 Å². The summed E-state index contributed by atoms with van der Waals surface area (Å²) in [6, 6.07) is 9.98. The molecular formula is C18H20ClFN2O3. The standard InChI is InChI=1S/C18H20ClFN2O3/c1-2-8-25-17-7-6-13(19)10-15(17)22-18(24)21-11-16(23)12-4-3-5-14(20)9-12/h3-7,9-10,16,23H,2,8,11H2,1H3,(H2,21,22,24). The highest BCUT2D eigenvalue weighted by Crippen LogP contribution is 2.28. The molecule has 0 saturated carbocycles. The van der Waals surface area contributed by atoms with Crippen molar-refractivity contribution in [1.29, 1.82) is 0 Å². The van der Waals surface area contributed by atoms with Crippen molar-refractivity contribution >= 4 is 23.3 Å². The van der Waals surface area contributed by atoms with Crippen molar-refractivity contribution in [1.82, 2.24) is 5.32 Å². The maximum atomic E-state index is 13.2. The maximum Gasteiger partial charge on any atom is 0.319 e. The molecule has 0 aliphatic heterocycles. The van der Waals surface area contributed by atoms with Crippen molar-refractivity contribution in [2.24, 2.45) is 0 Å². The van der Waals surface area contributed by atoms with Crippen LogP contribution in [0.25, 0.3) is 0 Å². The summed E-state index contributed by atoms with van der Waals surface area (Å²) in [5.41, 5.74) is 0.814. The topological polar surface area (TPSA) is 70.6 Å². The molecule has 2 aromatic rings. The van der Waals surface area contributed by atoms with Crippen LogP contribution in [0.3, 0.4) is 0 Å². The molecule has 0 bridgehead atoms. The number of ether oxygens (including phenoxy) is 1. The molecule has 7 heteroatoms. The zero-order valence-corrected chi connectivity index (χ0v) is 14.5. The minimum atomic E-state index is -1.02. The zero-order valence-electron chi connectivity index (χ0n) is 13.8. The largest absolute Gasteiger partial charge is 0.491 e. The van der Waals surface area contributed by atoms with Gasteiger partial charge in [-0.3, -0.25) is 0 Å². The van der Waals surface area contributed by atoms with Gasteiger partial charge >= 0.3 is 6.03 Å². The highest BCUT2D eigenvalue weighted by molar-refractivity contribution is 6.31. The smallest absolute Gasteiger partial charge is 0.319 e. The molecule has 5 nitrogen and oxygen atoms in total. The second-order valence-electron chi connectivity index (χ2n) is 5.39. The molecule has 1 atom stereocenters. The lowest BCUT2D eigenvalue weighted by atomic mass is 10.1. The fourth-order valence-corrected chi connectivity index (χ4v) is 2.30. The van der Waals surface area contributed by atoms with Crippen molar-refractivity contribution in [2.75, 3.05) is 18.5 Å². The quantitative estimate of drug-likeness (QED) is 0.690. The van der Waals surface area contributed by atoms with Gasteiger partial charge in [0, 0.05) is 11.6 Å². The minimum Gasteiger partial charge on any atom is -0.491 e. The highest BCUT2D eigenvalue weighted by atomic mass is 35.5. The molecule has 25 heavy (non-hydrogen) atoms. The van der Waals surface area contributed by atoms with Gasteiger partial charge in [0.05, 0.1) is 18.4 Å². The van der Waals surface area contributed by atoms with Gasteiger partial charge in [0.1, 0.15) is 11.6 Å². The first kappa shape index (κ1) is 19.0. The molecule has 134 valence electrons. The molecule has 0 radical (unpaired) electrons. The lowest BCUT2D eigenvalue weighted by Crippen LogP contribution is -2.32. The molecule has 0 fully saturated rings. The monoisotopic (exact) mass is 366 g/mol. The van der Waals surface area contributed by atoms with Crippen LogP contribution in [-0.2, 0) is 0 Å². The number of carbonyl (C=O) groups excluding carboxylic acids is 1. The van der Waals surface area contributed by atoms with Crippen molar-refractivity contribution in [3.8, 4) is 5.75 Å². The van der Waals surface area contributed by atoms with E-state index in [4.69, 9.17) is 16.3 Å². The Balaban J connectivity index is 1.94. The molecule has 0 aliphatic carbocycles. The SMILES string of the molecule is CCCOc1ccc(Cl)cc1NC(=O)NCC(O)c1cccc(F)c1. The number of hydrogen-bond donors (Lipinski definition) is 3. The third-order valence-corrected chi connectivity index (χ3v) is 3.58. The Hall–Kier alpha value is -2.31. The number of nitrogens with one attached hydrogen (secondary N) is 2. The van der Waals surface area contributed by atoms with E-state index >= 15 is 0 Å². The number of urea groups is 1. The third kappa shape index (κ3) is 5.92. The molecule has 0 spiro atoms. The number of amides is 2. The average molecular weight is 367 g/mol. The number of rotatable bonds is 7. The van der Waals surface area contributed by atoms with Crippen molar-refractivity contribution < 1.29 is 19.0 Å². The van der Waals surface area contributed by atoms with Crippen LogP contribution in [0.15, 0.2) is 42.5 Å². The molecule has 0 aliphatic rings. The van der Waals surface area contributed by atoms with E-state index in [0.29, 0.717) is 28.6 Å². The van der Waals surface area contributed by atoms with E-state index in [9.17, 15) is 14.3 Å². The van der Waals surface area contributed by atoms with E-state index in [1.54, 1.807) is 24.3 Å². The summed E-state index contributed by atoms with van der Waals surface area (Å²) in [6.07, 6.45) is -0.190.